The smallest absolute Gasteiger partial charge is 1.00 e. The molecule has 0 heterocycles. The fourth-order valence-electron chi connectivity index (χ4n) is 3.50. The Morgan fingerprint density at radius 2 is 1.60 bits per heavy atom. The van der Waals surface area contributed by atoms with Crippen LogP contribution in [0.2, 0.25) is 0 Å². The van der Waals surface area contributed by atoms with Crippen molar-refractivity contribution >= 4 is 14.7 Å². The molecule has 1 unspecified atom stereocenters. The van der Waals surface area contributed by atoms with Gasteiger partial charge in [-0.15, -0.1) is 0 Å². The average Bonchev–Trinajstić information content (AvgIpc) is 3.05. The van der Waals surface area contributed by atoms with Gasteiger partial charge in [0.25, 0.3) is 0 Å². The normalized spacial score (nSPS) is 19.6. The third-order valence-electron chi connectivity index (χ3n) is 5.47. The van der Waals surface area contributed by atoms with Crippen LogP contribution in [-0.4, -0.2) is 9.52 Å². The Morgan fingerprint density at radius 3 is 2.16 bits per heavy atom. The van der Waals surface area contributed by atoms with Crippen molar-refractivity contribution in [2.45, 2.75) is 41.0 Å². The zero-order chi connectivity index (χ0) is 16.6. The van der Waals surface area contributed by atoms with Crippen molar-refractivity contribution in [3.8, 4) is 0 Å². The summed E-state index contributed by atoms with van der Waals surface area (Å²) in [6.45, 7) is 11.6. The van der Waals surface area contributed by atoms with E-state index in [-0.39, 0.29) is 34.3 Å². The van der Waals surface area contributed by atoms with Gasteiger partial charge < -0.3 is 24.8 Å². The topological polar surface area (TPSA) is 0 Å². The predicted octanol–water partition coefficient (Wildman–Crippen LogP) is -1.69. The maximum Gasteiger partial charge on any atom is -1.00 e. The van der Waals surface area contributed by atoms with E-state index < -0.39 is 23.2 Å². The molecule has 0 N–H and O–H groups in total. The van der Waals surface area contributed by atoms with Crippen LogP contribution in [0.1, 0.15) is 39.7 Å². The third-order valence-corrected chi connectivity index (χ3v) is 12.9. The maximum absolute atomic E-state index is 2.45. The largest absolute Gasteiger partial charge is 1.00 e. The van der Waals surface area contributed by atoms with Crippen LogP contribution in [0.5, 0.6) is 0 Å². The molecule has 0 radical (unpaired) electrons. The molecule has 0 saturated heterocycles. The van der Waals surface area contributed by atoms with E-state index in [0.717, 1.165) is 0 Å². The first kappa shape index (κ1) is 22.9. The van der Waals surface area contributed by atoms with Gasteiger partial charge in [0.2, 0.25) is 0 Å². The first-order valence-electron chi connectivity index (χ1n) is 8.57. The molecule has 1 aromatic carbocycles. The molecule has 1 atom stereocenters. The SMILES string of the molecule is CC1=C(C)C(C)[C]([Zr+2][C]2=C([SiH2]c3ccc(C)cc3)C=CC2)=C1C.[Cl-].[Cl-]. The molecular weight excluding hydrogens is 442 g/mol. The first-order chi connectivity index (χ1) is 11.0. The number of benzene rings is 1. The van der Waals surface area contributed by atoms with Gasteiger partial charge in [0.05, 0.1) is 0 Å². The Morgan fingerprint density at radius 1 is 0.960 bits per heavy atom. The third kappa shape index (κ3) is 4.98. The van der Waals surface area contributed by atoms with Crippen molar-refractivity contribution in [2.75, 3.05) is 0 Å². The second-order valence-electron chi connectivity index (χ2n) is 6.97. The van der Waals surface area contributed by atoms with Gasteiger partial charge in [-0.05, 0) is 0 Å². The Kier molecular flexibility index (Phi) is 8.88. The van der Waals surface area contributed by atoms with Crippen molar-refractivity contribution in [2.24, 2.45) is 5.92 Å². The summed E-state index contributed by atoms with van der Waals surface area (Å²) in [5.74, 6) is 0.706. The minimum absolute atomic E-state index is 0. The number of allylic oxidation sites excluding steroid dienone is 8. The summed E-state index contributed by atoms with van der Waals surface area (Å²) < 4.78 is 3.68. The van der Waals surface area contributed by atoms with E-state index >= 15 is 0 Å². The van der Waals surface area contributed by atoms with Crippen molar-refractivity contribution in [1.82, 2.24) is 0 Å². The minimum atomic E-state index is -0.602. The molecular formula is C21H26Cl2SiZr. The quantitative estimate of drug-likeness (QED) is 0.463. The molecule has 25 heavy (non-hydrogen) atoms. The second-order valence-corrected chi connectivity index (χ2v) is 12.3. The van der Waals surface area contributed by atoms with Crippen LogP contribution in [0.3, 0.4) is 0 Å². The summed E-state index contributed by atoms with van der Waals surface area (Å²) in [5.41, 5.74) is 6.17. The molecule has 0 saturated carbocycles. The molecule has 4 heteroatoms. The van der Waals surface area contributed by atoms with E-state index in [1.54, 1.807) is 27.1 Å². The van der Waals surface area contributed by atoms with E-state index in [9.17, 15) is 0 Å². The summed E-state index contributed by atoms with van der Waals surface area (Å²) in [4.78, 5) is 0. The van der Waals surface area contributed by atoms with Crippen LogP contribution in [0, 0.1) is 12.8 Å². The number of halogens is 2. The summed E-state index contributed by atoms with van der Waals surface area (Å²) in [6, 6.07) is 9.23. The molecule has 1 aromatic rings. The van der Waals surface area contributed by atoms with Gasteiger partial charge in [0.1, 0.15) is 0 Å². The van der Waals surface area contributed by atoms with Crippen molar-refractivity contribution in [1.29, 1.82) is 0 Å². The molecule has 0 spiro atoms. The summed E-state index contributed by atoms with van der Waals surface area (Å²) in [6.07, 6.45) is 6.10. The summed E-state index contributed by atoms with van der Waals surface area (Å²) in [5, 5.41) is 3.33. The maximum atomic E-state index is 2.45. The van der Waals surface area contributed by atoms with Gasteiger partial charge in [0.15, 0.2) is 0 Å². The van der Waals surface area contributed by atoms with Crippen LogP contribution >= 0.6 is 0 Å². The van der Waals surface area contributed by atoms with Crippen LogP contribution in [0.25, 0.3) is 0 Å². The first-order valence-corrected chi connectivity index (χ1v) is 12.4. The molecule has 2 aliphatic carbocycles. The Labute approximate surface area is 179 Å². The number of aryl methyl sites for hydroxylation is 1. The van der Waals surface area contributed by atoms with Gasteiger partial charge >= 0.3 is 155 Å². The van der Waals surface area contributed by atoms with Crippen LogP contribution in [0.15, 0.2) is 64.9 Å². The molecule has 0 fully saturated rings. The molecule has 0 nitrogen and oxygen atoms in total. The fourth-order valence-corrected chi connectivity index (χ4v) is 10.2. The van der Waals surface area contributed by atoms with Gasteiger partial charge in [-0.25, -0.2) is 0 Å². The van der Waals surface area contributed by atoms with E-state index in [4.69, 9.17) is 0 Å². The number of hydrogen-bond donors (Lipinski definition) is 0. The molecule has 3 rings (SSSR count). The van der Waals surface area contributed by atoms with Gasteiger partial charge in [0, 0.05) is 0 Å². The molecule has 0 aliphatic heterocycles. The van der Waals surface area contributed by atoms with E-state index in [0.29, 0.717) is 5.92 Å². The second kappa shape index (κ2) is 9.70. The minimum Gasteiger partial charge on any atom is -1.00 e. The zero-order valence-electron chi connectivity index (χ0n) is 15.7. The van der Waals surface area contributed by atoms with E-state index in [2.05, 4.69) is 71.0 Å². The van der Waals surface area contributed by atoms with Crippen molar-refractivity contribution in [3.63, 3.8) is 0 Å². The fraction of sp³-hybridized carbons (Fsp3) is 0.333. The van der Waals surface area contributed by atoms with Gasteiger partial charge in [-0.1, -0.05) is 0 Å². The monoisotopic (exact) mass is 466 g/mol. The molecule has 0 aromatic heterocycles. The number of hydrogen-bond acceptors (Lipinski definition) is 0. The van der Waals surface area contributed by atoms with Gasteiger partial charge in [-0.2, -0.15) is 0 Å². The summed E-state index contributed by atoms with van der Waals surface area (Å²) in [7, 11) is -0.297. The average molecular weight is 469 g/mol. The van der Waals surface area contributed by atoms with Crippen LogP contribution < -0.4 is 30.0 Å². The summed E-state index contributed by atoms with van der Waals surface area (Å²) >= 11 is -0.602. The molecule has 0 amide bonds. The van der Waals surface area contributed by atoms with Crippen LogP contribution in [-0.2, 0) is 23.2 Å². The van der Waals surface area contributed by atoms with E-state index in [1.807, 2.05) is 6.56 Å². The van der Waals surface area contributed by atoms with Crippen molar-refractivity contribution < 1.29 is 48.0 Å². The van der Waals surface area contributed by atoms with Crippen LogP contribution in [0.4, 0.5) is 0 Å². The molecule has 132 valence electrons. The Balaban J connectivity index is 0.00000156. The zero-order valence-corrected chi connectivity index (χ0v) is 21.1. The Hall–Kier alpha value is -0.140. The van der Waals surface area contributed by atoms with Crippen molar-refractivity contribution in [3.05, 3.63) is 70.5 Å². The molecule has 0 bridgehead atoms. The standard InChI is InChI=1S/C12H13Si.C9H13.2ClH.Zr/c1-10-6-8-12(9-7-10)13-11-4-2-3-5-11;1-6-5-7(2)9(4)8(6)3;;;/h2,4,6-9H,3,13H2,1H3;6H,1-4H3;2*1H;/q;;;;+2/p-2. The number of rotatable bonds is 4. The van der Waals surface area contributed by atoms with Gasteiger partial charge in [-0.3, -0.25) is 0 Å². The van der Waals surface area contributed by atoms with E-state index in [1.165, 1.54) is 12.0 Å². The predicted molar refractivity (Wildman–Crippen MR) is 100 cm³/mol. The Bertz CT molecular complexity index is 755. The molecule has 2 aliphatic rings.